The van der Waals surface area contributed by atoms with E-state index in [2.05, 4.69) is 63.7 Å². The third-order valence-corrected chi connectivity index (χ3v) is 4.52. The summed E-state index contributed by atoms with van der Waals surface area (Å²) >= 11 is 0. The average molecular weight is 303 g/mol. The van der Waals surface area contributed by atoms with Gasteiger partial charge in [-0.1, -0.05) is 42.5 Å². The van der Waals surface area contributed by atoms with Crippen LogP contribution in [0.4, 0.5) is 0 Å². The number of para-hydroxylation sites is 1. The minimum absolute atomic E-state index is 1.00. The van der Waals surface area contributed by atoms with E-state index in [1.54, 1.807) is 0 Å². The molecular weight excluding hydrogens is 282 g/mol. The topological polar surface area (TPSA) is 28.2 Å². The Labute approximate surface area is 137 Å². The maximum atomic E-state index is 4.62. The summed E-state index contributed by atoms with van der Waals surface area (Å²) in [7, 11) is 0. The predicted octanol–water partition coefficient (Wildman–Crippen LogP) is 3.31. The minimum atomic E-state index is 1.00. The molecule has 0 atom stereocenters. The number of nitrogens with one attached hydrogen (secondary N) is 1. The molecule has 0 spiro atoms. The number of hydrogen-bond donors (Lipinski definition) is 1. The van der Waals surface area contributed by atoms with Gasteiger partial charge in [-0.05, 0) is 23.3 Å². The van der Waals surface area contributed by atoms with Gasteiger partial charge in [0.1, 0.15) is 0 Å². The Bertz CT molecular complexity index is 807. The number of nitrogens with zero attached hydrogens (tertiary/aromatic N) is 2. The van der Waals surface area contributed by atoms with E-state index in [-0.39, 0.29) is 0 Å². The van der Waals surface area contributed by atoms with Crippen LogP contribution in [0.2, 0.25) is 0 Å². The van der Waals surface area contributed by atoms with Crippen LogP contribution >= 0.6 is 0 Å². The second kappa shape index (κ2) is 6.49. The van der Waals surface area contributed by atoms with Crippen molar-refractivity contribution in [3.63, 3.8) is 0 Å². The molecule has 0 amide bonds. The molecule has 1 N–H and O–H groups in total. The predicted molar refractivity (Wildman–Crippen MR) is 95.3 cm³/mol. The molecule has 1 aliphatic heterocycles. The van der Waals surface area contributed by atoms with E-state index < -0.39 is 0 Å². The van der Waals surface area contributed by atoms with Crippen LogP contribution in [0.5, 0.6) is 0 Å². The number of benzene rings is 2. The lowest BCUT2D eigenvalue weighted by Crippen LogP contribution is -2.42. The fourth-order valence-electron chi connectivity index (χ4n) is 3.27. The molecule has 1 aromatic heterocycles. The van der Waals surface area contributed by atoms with Crippen LogP contribution in [0.3, 0.4) is 0 Å². The van der Waals surface area contributed by atoms with Gasteiger partial charge >= 0.3 is 0 Å². The lowest BCUT2D eigenvalue weighted by Gasteiger charge is -2.28. The summed E-state index contributed by atoms with van der Waals surface area (Å²) in [5, 5.41) is 4.61. The third kappa shape index (κ3) is 3.11. The lowest BCUT2D eigenvalue weighted by atomic mass is 9.99. The van der Waals surface area contributed by atoms with Crippen molar-refractivity contribution in [3.8, 4) is 11.1 Å². The highest BCUT2D eigenvalue weighted by Crippen LogP contribution is 2.27. The molecular formula is C20H21N3. The first-order valence-corrected chi connectivity index (χ1v) is 8.26. The smallest absolute Gasteiger partial charge is 0.0702 e. The van der Waals surface area contributed by atoms with Crippen LogP contribution < -0.4 is 5.32 Å². The van der Waals surface area contributed by atoms with E-state index in [4.69, 9.17) is 0 Å². The Hall–Kier alpha value is -2.23. The van der Waals surface area contributed by atoms with Gasteiger partial charge in [0.25, 0.3) is 0 Å². The van der Waals surface area contributed by atoms with Gasteiger partial charge in [0.2, 0.25) is 0 Å². The van der Waals surface area contributed by atoms with Crippen LogP contribution in [0.1, 0.15) is 5.56 Å². The van der Waals surface area contributed by atoms with Crippen LogP contribution in [0.15, 0.2) is 60.8 Å². The van der Waals surface area contributed by atoms with Gasteiger partial charge in [-0.25, -0.2) is 0 Å². The zero-order valence-corrected chi connectivity index (χ0v) is 13.2. The summed E-state index contributed by atoms with van der Waals surface area (Å²) in [5.74, 6) is 0. The monoisotopic (exact) mass is 303 g/mol. The summed E-state index contributed by atoms with van der Waals surface area (Å²) in [6.07, 6.45) is 2.00. The maximum Gasteiger partial charge on any atom is 0.0702 e. The number of aromatic nitrogens is 1. The summed E-state index contributed by atoms with van der Waals surface area (Å²) in [6, 6.07) is 19.3. The molecule has 2 aromatic carbocycles. The van der Waals surface area contributed by atoms with Gasteiger partial charge in [0.15, 0.2) is 0 Å². The highest BCUT2D eigenvalue weighted by molar-refractivity contribution is 5.84. The minimum Gasteiger partial charge on any atom is -0.314 e. The lowest BCUT2D eigenvalue weighted by molar-refractivity contribution is 0.233. The van der Waals surface area contributed by atoms with Crippen molar-refractivity contribution >= 4 is 10.9 Å². The highest BCUT2D eigenvalue weighted by atomic mass is 15.2. The van der Waals surface area contributed by atoms with Crippen molar-refractivity contribution < 1.29 is 0 Å². The van der Waals surface area contributed by atoms with Gasteiger partial charge < -0.3 is 5.32 Å². The molecule has 23 heavy (non-hydrogen) atoms. The molecule has 0 aliphatic carbocycles. The van der Waals surface area contributed by atoms with E-state index in [9.17, 15) is 0 Å². The van der Waals surface area contributed by atoms with Crippen LogP contribution in [-0.2, 0) is 6.54 Å². The zero-order valence-electron chi connectivity index (χ0n) is 13.2. The quantitative estimate of drug-likeness (QED) is 0.804. The van der Waals surface area contributed by atoms with Crippen LogP contribution in [0.25, 0.3) is 22.0 Å². The molecule has 1 aliphatic rings. The first-order valence-electron chi connectivity index (χ1n) is 8.26. The normalized spacial score (nSPS) is 15.8. The van der Waals surface area contributed by atoms with E-state index in [0.29, 0.717) is 0 Å². The molecule has 3 aromatic rings. The Morgan fingerprint density at radius 2 is 1.74 bits per heavy atom. The molecule has 0 unspecified atom stereocenters. The molecule has 0 radical (unpaired) electrons. The molecule has 4 rings (SSSR count). The zero-order chi connectivity index (χ0) is 15.5. The fourth-order valence-corrected chi connectivity index (χ4v) is 3.27. The van der Waals surface area contributed by atoms with E-state index >= 15 is 0 Å². The van der Waals surface area contributed by atoms with Gasteiger partial charge in [-0.2, -0.15) is 0 Å². The van der Waals surface area contributed by atoms with Crippen molar-refractivity contribution in [1.82, 2.24) is 15.2 Å². The second-order valence-electron chi connectivity index (χ2n) is 6.10. The van der Waals surface area contributed by atoms with Crippen molar-refractivity contribution in [1.29, 1.82) is 0 Å². The molecule has 3 heteroatoms. The van der Waals surface area contributed by atoms with Crippen molar-refractivity contribution in [2.24, 2.45) is 0 Å². The van der Waals surface area contributed by atoms with Crippen LogP contribution in [0, 0.1) is 0 Å². The number of pyridine rings is 1. The van der Waals surface area contributed by atoms with Crippen molar-refractivity contribution in [2.75, 3.05) is 26.2 Å². The molecule has 116 valence electrons. The Morgan fingerprint density at radius 3 is 2.65 bits per heavy atom. The van der Waals surface area contributed by atoms with Crippen molar-refractivity contribution in [3.05, 3.63) is 66.4 Å². The number of hydrogen-bond acceptors (Lipinski definition) is 3. The van der Waals surface area contributed by atoms with Gasteiger partial charge in [0, 0.05) is 49.9 Å². The van der Waals surface area contributed by atoms with E-state index in [1.165, 1.54) is 22.1 Å². The third-order valence-electron chi connectivity index (χ3n) is 4.52. The first-order chi connectivity index (χ1) is 11.4. The van der Waals surface area contributed by atoms with Gasteiger partial charge in [0.05, 0.1) is 5.52 Å². The second-order valence-corrected chi connectivity index (χ2v) is 6.10. The van der Waals surface area contributed by atoms with Gasteiger partial charge in [-0.3, -0.25) is 9.88 Å². The fraction of sp³-hybridized carbons (Fsp3) is 0.250. The largest absolute Gasteiger partial charge is 0.314 e. The standard InChI is InChI=1S/C20H21N3/c1-3-7-19(17(6-1)15-23-11-9-21-10-12-23)18-13-16-5-2-4-8-20(16)22-14-18/h1-8,13-14,21H,9-12,15H2. The summed E-state index contributed by atoms with van der Waals surface area (Å²) < 4.78 is 0. The van der Waals surface area contributed by atoms with E-state index in [0.717, 1.165) is 38.2 Å². The SMILES string of the molecule is c1ccc(-c2cnc3ccccc3c2)c(CN2CCNCC2)c1. The Balaban J connectivity index is 1.69. The Kier molecular flexibility index (Phi) is 4.05. The molecule has 0 bridgehead atoms. The van der Waals surface area contributed by atoms with Crippen molar-refractivity contribution in [2.45, 2.75) is 6.54 Å². The van der Waals surface area contributed by atoms with E-state index in [1.807, 2.05) is 12.3 Å². The number of piperazine rings is 1. The first kappa shape index (κ1) is 14.4. The molecule has 2 heterocycles. The summed E-state index contributed by atoms with van der Waals surface area (Å²) in [4.78, 5) is 7.14. The average Bonchev–Trinajstić information content (AvgIpc) is 2.63. The molecule has 1 saturated heterocycles. The molecule has 0 saturated carbocycles. The maximum absolute atomic E-state index is 4.62. The van der Waals surface area contributed by atoms with Gasteiger partial charge in [-0.15, -0.1) is 0 Å². The Morgan fingerprint density at radius 1 is 0.957 bits per heavy atom. The summed E-state index contributed by atoms with van der Waals surface area (Å²) in [5.41, 5.74) is 4.93. The molecule has 1 fully saturated rings. The highest BCUT2D eigenvalue weighted by Gasteiger charge is 2.13. The van der Waals surface area contributed by atoms with Crippen LogP contribution in [-0.4, -0.2) is 36.1 Å². The number of fused-ring (bicyclic) bond motifs is 1. The summed E-state index contributed by atoms with van der Waals surface area (Å²) in [6.45, 7) is 5.40. The number of rotatable bonds is 3. The molecule has 3 nitrogen and oxygen atoms in total.